The molecule has 156 valence electrons. The number of benzene rings is 3. The molecule has 0 saturated carbocycles. The van der Waals surface area contributed by atoms with E-state index in [1.54, 1.807) is 6.07 Å². The third-order valence-electron chi connectivity index (χ3n) is 6.00. The molecule has 3 aromatic carbocycles. The molecule has 0 bridgehead atoms. The molecule has 3 aromatic rings. The highest BCUT2D eigenvalue weighted by molar-refractivity contribution is 5.86. The quantitative estimate of drug-likeness (QED) is 0.541. The van der Waals surface area contributed by atoms with Crippen LogP contribution in [0.4, 0.5) is 5.69 Å². The molecule has 30 heavy (non-hydrogen) atoms. The number of hydrogen-bond acceptors (Lipinski definition) is 4. The van der Waals surface area contributed by atoms with Gasteiger partial charge >= 0.3 is 5.97 Å². The van der Waals surface area contributed by atoms with Gasteiger partial charge in [0, 0.05) is 37.3 Å². The van der Waals surface area contributed by atoms with E-state index in [2.05, 4.69) is 59.6 Å². The van der Waals surface area contributed by atoms with Gasteiger partial charge in [-0.15, -0.1) is 0 Å². The third-order valence-corrected chi connectivity index (χ3v) is 6.00. The second kappa shape index (κ2) is 8.76. The zero-order valence-corrected chi connectivity index (χ0v) is 17.2. The van der Waals surface area contributed by atoms with Crippen LogP contribution >= 0.6 is 0 Å². The van der Waals surface area contributed by atoms with Crippen LogP contribution in [0.1, 0.15) is 36.9 Å². The average Bonchev–Trinajstić information content (AvgIpc) is 3.21. The number of fused-ring (bicyclic) bond motifs is 1. The summed E-state index contributed by atoms with van der Waals surface area (Å²) in [6.45, 7) is 4.04. The maximum absolute atomic E-state index is 10.9. The van der Waals surface area contributed by atoms with Crippen molar-refractivity contribution in [3.05, 3.63) is 71.8 Å². The number of aliphatic carboxylic acids is 1. The number of phenolic OH excluding ortho intramolecular Hbond substituents is 1. The van der Waals surface area contributed by atoms with E-state index in [9.17, 15) is 9.90 Å². The second-order valence-electron chi connectivity index (χ2n) is 8.10. The van der Waals surface area contributed by atoms with Crippen LogP contribution in [0.15, 0.2) is 60.7 Å². The Morgan fingerprint density at radius 3 is 2.80 bits per heavy atom. The van der Waals surface area contributed by atoms with E-state index in [1.807, 2.05) is 12.1 Å². The molecule has 0 aliphatic carbocycles. The number of phenols is 1. The minimum atomic E-state index is -0.854. The Morgan fingerprint density at radius 2 is 1.97 bits per heavy atom. The van der Waals surface area contributed by atoms with Gasteiger partial charge in [0.2, 0.25) is 0 Å². The first kappa shape index (κ1) is 20.2. The summed E-state index contributed by atoms with van der Waals surface area (Å²) < 4.78 is 0. The van der Waals surface area contributed by atoms with E-state index in [1.165, 1.54) is 16.3 Å². The first-order valence-electron chi connectivity index (χ1n) is 10.5. The van der Waals surface area contributed by atoms with Crippen LogP contribution in [0, 0.1) is 0 Å². The number of nitrogens with zero attached hydrogens (tertiary/aromatic N) is 1. The fourth-order valence-electron chi connectivity index (χ4n) is 4.41. The summed E-state index contributed by atoms with van der Waals surface area (Å²) >= 11 is 0. The predicted molar refractivity (Wildman–Crippen MR) is 120 cm³/mol. The predicted octanol–water partition coefficient (Wildman–Crippen LogP) is 4.49. The van der Waals surface area contributed by atoms with E-state index in [4.69, 9.17) is 5.11 Å². The largest absolute Gasteiger partial charge is 0.508 e. The Labute approximate surface area is 177 Å². The van der Waals surface area contributed by atoms with Gasteiger partial charge in [-0.1, -0.05) is 42.5 Å². The summed E-state index contributed by atoms with van der Waals surface area (Å²) in [4.78, 5) is 13.2. The molecule has 3 N–H and O–H groups in total. The number of aromatic hydroxyl groups is 1. The van der Waals surface area contributed by atoms with Crippen LogP contribution in [-0.4, -0.2) is 35.3 Å². The highest BCUT2D eigenvalue weighted by Crippen LogP contribution is 2.29. The Hall–Kier alpha value is -3.05. The van der Waals surface area contributed by atoms with Gasteiger partial charge in [0.15, 0.2) is 0 Å². The maximum atomic E-state index is 10.9. The molecular formula is C25H28N2O3. The molecule has 0 spiro atoms. The van der Waals surface area contributed by atoms with Crippen molar-refractivity contribution in [2.75, 3.05) is 18.0 Å². The minimum Gasteiger partial charge on any atom is -0.508 e. The van der Waals surface area contributed by atoms with Gasteiger partial charge in [0.1, 0.15) is 5.75 Å². The fraction of sp³-hybridized carbons (Fsp3) is 0.320. The number of carbonyl (C=O) groups is 1. The summed E-state index contributed by atoms with van der Waals surface area (Å²) in [6, 6.07) is 21.1. The smallest absolute Gasteiger partial charge is 0.303 e. The fourth-order valence-corrected chi connectivity index (χ4v) is 4.41. The van der Waals surface area contributed by atoms with E-state index in [0.717, 1.165) is 25.2 Å². The van der Waals surface area contributed by atoms with Gasteiger partial charge in [-0.25, -0.2) is 0 Å². The van der Waals surface area contributed by atoms with Crippen LogP contribution in [0.5, 0.6) is 5.75 Å². The molecule has 1 saturated heterocycles. The van der Waals surface area contributed by atoms with Crippen LogP contribution in [0.2, 0.25) is 0 Å². The molecule has 0 unspecified atom stereocenters. The highest BCUT2D eigenvalue weighted by atomic mass is 16.4. The summed E-state index contributed by atoms with van der Waals surface area (Å²) in [7, 11) is 0. The molecule has 5 nitrogen and oxygen atoms in total. The van der Waals surface area contributed by atoms with Crippen molar-refractivity contribution in [2.45, 2.75) is 38.3 Å². The standard InChI is InChI=1S/C25H28N2O3/c1-17(22-8-4-6-18-5-2-3-7-23(18)22)26-20-13-14-27(16-20)21-10-11-24(28)19(15-21)9-12-25(29)30/h2-8,10-11,15,17,20,26,28H,9,12-14,16H2,1H3,(H,29,30)/t17-,20+/m1/s1. The lowest BCUT2D eigenvalue weighted by Crippen LogP contribution is -2.34. The summed E-state index contributed by atoms with van der Waals surface area (Å²) in [6.07, 6.45) is 1.40. The Morgan fingerprint density at radius 1 is 1.17 bits per heavy atom. The first-order chi connectivity index (χ1) is 14.5. The van der Waals surface area contributed by atoms with Crippen molar-refractivity contribution in [2.24, 2.45) is 0 Å². The molecule has 1 aliphatic heterocycles. The maximum Gasteiger partial charge on any atom is 0.303 e. The van der Waals surface area contributed by atoms with Crippen molar-refractivity contribution in [1.29, 1.82) is 0 Å². The lowest BCUT2D eigenvalue weighted by atomic mass is 9.99. The van der Waals surface area contributed by atoms with Gasteiger partial charge in [-0.2, -0.15) is 0 Å². The minimum absolute atomic E-state index is 0.0176. The zero-order chi connectivity index (χ0) is 21.1. The molecule has 1 aliphatic rings. The van der Waals surface area contributed by atoms with Crippen LogP contribution in [-0.2, 0) is 11.2 Å². The molecule has 4 rings (SSSR count). The summed E-state index contributed by atoms with van der Waals surface area (Å²) in [5.74, 6) is -0.689. The van der Waals surface area contributed by atoms with E-state index in [0.29, 0.717) is 18.0 Å². The van der Waals surface area contributed by atoms with Crippen LogP contribution < -0.4 is 10.2 Å². The lowest BCUT2D eigenvalue weighted by molar-refractivity contribution is -0.136. The average molecular weight is 405 g/mol. The van der Waals surface area contributed by atoms with Gasteiger partial charge in [-0.3, -0.25) is 4.79 Å². The number of rotatable bonds is 7. The third kappa shape index (κ3) is 4.41. The van der Waals surface area contributed by atoms with E-state index in [-0.39, 0.29) is 18.2 Å². The molecule has 1 fully saturated rings. The highest BCUT2D eigenvalue weighted by Gasteiger charge is 2.25. The van der Waals surface area contributed by atoms with Crippen molar-refractivity contribution >= 4 is 22.4 Å². The van der Waals surface area contributed by atoms with Gasteiger partial charge in [0.25, 0.3) is 0 Å². The number of carboxylic acids is 1. The molecule has 0 aromatic heterocycles. The first-order valence-corrected chi connectivity index (χ1v) is 10.5. The van der Waals surface area contributed by atoms with Gasteiger partial charge in [-0.05, 0) is 59.9 Å². The molecule has 2 atom stereocenters. The zero-order valence-electron chi connectivity index (χ0n) is 17.2. The number of nitrogens with one attached hydrogen (secondary N) is 1. The number of anilines is 1. The van der Waals surface area contributed by atoms with Crippen molar-refractivity contribution in [1.82, 2.24) is 5.32 Å². The van der Waals surface area contributed by atoms with Crippen molar-refractivity contribution in [3.63, 3.8) is 0 Å². The monoisotopic (exact) mass is 404 g/mol. The summed E-state index contributed by atoms with van der Waals surface area (Å²) in [5, 5.41) is 25.3. The number of hydrogen-bond donors (Lipinski definition) is 3. The molecule has 5 heteroatoms. The van der Waals surface area contributed by atoms with Crippen molar-refractivity contribution in [3.8, 4) is 5.75 Å². The number of carboxylic acid groups (broad SMARTS) is 1. The lowest BCUT2D eigenvalue weighted by Gasteiger charge is -2.23. The van der Waals surface area contributed by atoms with E-state index < -0.39 is 5.97 Å². The number of aryl methyl sites for hydroxylation is 1. The van der Waals surface area contributed by atoms with Gasteiger partial charge < -0.3 is 20.4 Å². The van der Waals surface area contributed by atoms with E-state index >= 15 is 0 Å². The second-order valence-corrected chi connectivity index (χ2v) is 8.10. The normalized spacial score (nSPS) is 17.4. The molecule has 0 amide bonds. The van der Waals surface area contributed by atoms with Crippen molar-refractivity contribution < 1.29 is 15.0 Å². The Balaban J connectivity index is 1.43. The van der Waals surface area contributed by atoms with Gasteiger partial charge in [0.05, 0.1) is 0 Å². The molecule has 0 radical (unpaired) electrons. The van der Waals surface area contributed by atoms with Crippen LogP contribution in [0.3, 0.4) is 0 Å². The Bertz CT molecular complexity index is 1040. The molecule has 1 heterocycles. The summed E-state index contributed by atoms with van der Waals surface area (Å²) in [5.41, 5.74) is 3.04. The topological polar surface area (TPSA) is 72.8 Å². The Kier molecular flexibility index (Phi) is 5.91. The molecular weight excluding hydrogens is 376 g/mol. The SMILES string of the molecule is C[C@@H](N[C@H]1CCN(c2ccc(O)c(CCC(=O)O)c2)C1)c1cccc2ccccc12. The van der Waals surface area contributed by atoms with Crippen LogP contribution in [0.25, 0.3) is 10.8 Å².